The van der Waals surface area contributed by atoms with E-state index in [-0.39, 0.29) is 12.2 Å². The van der Waals surface area contributed by atoms with Gasteiger partial charge in [0.25, 0.3) is 6.47 Å². The van der Waals surface area contributed by atoms with Gasteiger partial charge in [-0.3, -0.25) is 4.79 Å². The molecule has 0 aliphatic carbocycles. The Kier molecular flexibility index (Phi) is 2.68. The van der Waals surface area contributed by atoms with Gasteiger partial charge < -0.3 is 9.47 Å². The predicted octanol–water partition coefficient (Wildman–Crippen LogP) is 0.727. The molecule has 0 radical (unpaired) electrons. The van der Waals surface area contributed by atoms with Gasteiger partial charge in [0.1, 0.15) is 6.10 Å². The van der Waals surface area contributed by atoms with E-state index >= 15 is 0 Å². The van der Waals surface area contributed by atoms with Gasteiger partial charge in [-0.2, -0.15) is 0 Å². The maximum Gasteiger partial charge on any atom is 0.293 e. The molecular formula is C7H12O3. The molecule has 1 aliphatic rings. The van der Waals surface area contributed by atoms with Crippen molar-refractivity contribution in [3.05, 3.63) is 0 Å². The molecule has 2 atom stereocenters. The summed E-state index contributed by atoms with van der Waals surface area (Å²) in [5.74, 6) is 0. The van der Waals surface area contributed by atoms with E-state index in [0.29, 0.717) is 6.47 Å². The molecule has 10 heavy (non-hydrogen) atoms. The standard InChI is InChI=1S/C7H12O3/c1-6(10-5-8)7-3-2-4-9-7/h5-7H,2-4H2,1H3/t6?,7-/m0/s1. The number of carbonyl (C=O) groups excluding carboxylic acids is 1. The molecule has 3 heteroatoms. The summed E-state index contributed by atoms with van der Waals surface area (Å²) in [6.07, 6.45) is 2.14. The first-order valence-corrected chi connectivity index (χ1v) is 3.55. The number of carbonyl (C=O) groups is 1. The summed E-state index contributed by atoms with van der Waals surface area (Å²) in [5, 5.41) is 0. The molecule has 0 aromatic carbocycles. The molecule has 1 rings (SSSR count). The Morgan fingerprint density at radius 2 is 2.60 bits per heavy atom. The third-order valence-electron chi connectivity index (χ3n) is 1.76. The molecular weight excluding hydrogens is 132 g/mol. The molecule has 0 N–H and O–H groups in total. The van der Waals surface area contributed by atoms with Crippen molar-refractivity contribution in [2.24, 2.45) is 0 Å². The smallest absolute Gasteiger partial charge is 0.293 e. The molecule has 58 valence electrons. The predicted molar refractivity (Wildman–Crippen MR) is 35.6 cm³/mol. The third-order valence-corrected chi connectivity index (χ3v) is 1.76. The lowest BCUT2D eigenvalue weighted by Gasteiger charge is -2.15. The molecule has 0 aromatic heterocycles. The van der Waals surface area contributed by atoms with Gasteiger partial charge in [-0.25, -0.2) is 0 Å². The highest BCUT2D eigenvalue weighted by molar-refractivity contribution is 5.37. The number of ether oxygens (including phenoxy) is 2. The molecule has 0 saturated carbocycles. The Hall–Kier alpha value is -0.570. The molecule has 0 spiro atoms. The first kappa shape index (κ1) is 7.54. The zero-order valence-corrected chi connectivity index (χ0v) is 6.08. The van der Waals surface area contributed by atoms with Crippen molar-refractivity contribution < 1.29 is 14.3 Å². The van der Waals surface area contributed by atoms with E-state index in [4.69, 9.17) is 9.47 Å². The van der Waals surface area contributed by atoms with Gasteiger partial charge >= 0.3 is 0 Å². The number of hydrogen-bond acceptors (Lipinski definition) is 3. The lowest BCUT2D eigenvalue weighted by Crippen LogP contribution is -2.24. The van der Waals surface area contributed by atoms with Crippen LogP contribution in [-0.4, -0.2) is 25.3 Å². The Labute approximate surface area is 60.3 Å². The highest BCUT2D eigenvalue weighted by Gasteiger charge is 2.22. The van der Waals surface area contributed by atoms with Crippen LogP contribution in [0.1, 0.15) is 19.8 Å². The molecule has 1 unspecified atom stereocenters. The van der Waals surface area contributed by atoms with Crippen molar-refractivity contribution in [3.8, 4) is 0 Å². The topological polar surface area (TPSA) is 35.5 Å². The van der Waals surface area contributed by atoms with Gasteiger partial charge in [0.05, 0.1) is 6.10 Å². The molecule has 1 aliphatic heterocycles. The van der Waals surface area contributed by atoms with Crippen LogP contribution in [0.5, 0.6) is 0 Å². The van der Waals surface area contributed by atoms with Crippen molar-refractivity contribution >= 4 is 6.47 Å². The lowest BCUT2D eigenvalue weighted by molar-refractivity contribution is -0.138. The molecule has 0 amide bonds. The maximum absolute atomic E-state index is 9.89. The quantitative estimate of drug-likeness (QED) is 0.548. The normalized spacial score (nSPS) is 27.9. The van der Waals surface area contributed by atoms with Gasteiger partial charge in [0, 0.05) is 6.61 Å². The summed E-state index contributed by atoms with van der Waals surface area (Å²) < 4.78 is 10.0. The second-order valence-corrected chi connectivity index (χ2v) is 2.49. The minimum Gasteiger partial charge on any atom is -0.462 e. The van der Waals surface area contributed by atoms with Crippen molar-refractivity contribution in [1.29, 1.82) is 0 Å². The van der Waals surface area contributed by atoms with Gasteiger partial charge in [0.2, 0.25) is 0 Å². The largest absolute Gasteiger partial charge is 0.462 e. The van der Waals surface area contributed by atoms with Crippen molar-refractivity contribution in [1.82, 2.24) is 0 Å². The Morgan fingerprint density at radius 1 is 1.80 bits per heavy atom. The van der Waals surface area contributed by atoms with Crippen LogP contribution in [0.2, 0.25) is 0 Å². The molecule has 1 fully saturated rings. The summed E-state index contributed by atoms with van der Waals surface area (Å²) in [7, 11) is 0. The van der Waals surface area contributed by atoms with Crippen LogP contribution in [0, 0.1) is 0 Å². The summed E-state index contributed by atoms with van der Waals surface area (Å²) in [5.41, 5.74) is 0. The van der Waals surface area contributed by atoms with E-state index in [9.17, 15) is 4.79 Å². The van der Waals surface area contributed by atoms with Crippen molar-refractivity contribution in [2.45, 2.75) is 32.0 Å². The van der Waals surface area contributed by atoms with Crippen LogP contribution in [0.3, 0.4) is 0 Å². The van der Waals surface area contributed by atoms with Crippen LogP contribution in [0.15, 0.2) is 0 Å². The fraction of sp³-hybridized carbons (Fsp3) is 0.857. The molecule has 0 aromatic rings. The van der Waals surface area contributed by atoms with Crippen molar-refractivity contribution in [2.75, 3.05) is 6.61 Å². The van der Waals surface area contributed by atoms with Gasteiger partial charge in [0.15, 0.2) is 0 Å². The molecule has 0 bridgehead atoms. The van der Waals surface area contributed by atoms with Crippen LogP contribution < -0.4 is 0 Å². The lowest BCUT2D eigenvalue weighted by atomic mass is 10.1. The van der Waals surface area contributed by atoms with Gasteiger partial charge in [-0.15, -0.1) is 0 Å². The highest BCUT2D eigenvalue weighted by Crippen LogP contribution is 2.16. The number of hydrogen-bond donors (Lipinski definition) is 0. The third kappa shape index (κ3) is 1.70. The second kappa shape index (κ2) is 3.56. The second-order valence-electron chi connectivity index (χ2n) is 2.49. The summed E-state index contributed by atoms with van der Waals surface area (Å²) >= 11 is 0. The zero-order valence-electron chi connectivity index (χ0n) is 6.08. The Morgan fingerprint density at radius 3 is 3.10 bits per heavy atom. The zero-order chi connectivity index (χ0) is 7.40. The van der Waals surface area contributed by atoms with Crippen molar-refractivity contribution in [3.63, 3.8) is 0 Å². The Balaban J connectivity index is 2.24. The fourth-order valence-electron chi connectivity index (χ4n) is 1.15. The van der Waals surface area contributed by atoms with Gasteiger partial charge in [-0.05, 0) is 19.8 Å². The van der Waals surface area contributed by atoms with E-state index in [1.54, 1.807) is 0 Å². The van der Waals surface area contributed by atoms with Crippen LogP contribution in [0.25, 0.3) is 0 Å². The van der Waals surface area contributed by atoms with E-state index in [1.807, 2.05) is 6.92 Å². The Bertz CT molecular complexity index is 107. The highest BCUT2D eigenvalue weighted by atomic mass is 16.6. The summed E-state index contributed by atoms with van der Waals surface area (Å²) in [6.45, 7) is 3.13. The molecule has 1 saturated heterocycles. The van der Waals surface area contributed by atoms with Crippen LogP contribution in [-0.2, 0) is 14.3 Å². The average molecular weight is 144 g/mol. The minimum absolute atomic E-state index is 0.0833. The summed E-state index contributed by atoms with van der Waals surface area (Å²) in [4.78, 5) is 9.89. The van der Waals surface area contributed by atoms with E-state index in [1.165, 1.54) is 0 Å². The van der Waals surface area contributed by atoms with Crippen LogP contribution in [0.4, 0.5) is 0 Å². The van der Waals surface area contributed by atoms with E-state index in [2.05, 4.69) is 0 Å². The van der Waals surface area contributed by atoms with Crippen LogP contribution >= 0.6 is 0 Å². The first-order chi connectivity index (χ1) is 4.84. The summed E-state index contributed by atoms with van der Waals surface area (Å²) in [6, 6.07) is 0. The maximum atomic E-state index is 9.89. The average Bonchev–Trinajstić information content (AvgIpc) is 2.38. The number of rotatable bonds is 3. The van der Waals surface area contributed by atoms with E-state index in [0.717, 1.165) is 19.4 Å². The van der Waals surface area contributed by atoms with Gasteiger partial charge in [-0.1, -0.05) is 0 Å². The van der Waals surface area contributed by atoms with E-state index < -0.39 is 0 Å². The minimum atomic E-state index is -0.0833. The molecule has 1 heterocycles. The monoisotopic (exact) mass is 144 g/mol. The molecule has 3 nitrogen and oxygen atoms in total. The SMILES string of the molecule is CC(OC=O)[C@@H]1CCCO1. The fourth-order valence-corrected chi connectivity index (χ4v) is 1.15. The first-order valence-electron chi connectivity index (χ1n) is 3.55.